The van der Waals surface area contributed by atoms with Crippen molar-refractivity contribution in [1.29, 1.82) is 0 Å². The first-order chi connectivity index (χ1) is 24.2. The van der Waals surface area contributed by atoms with Gasteiger partial charge in [-0.2, -0.15) is 0 Å². The summed E-state index contributed by atoms with van der Waals surface area (Å²) in [6.07, 6.45) is 8.10. The summed E-state index contributed by atoms with van der Waals surface area (Å²) in [6.45, 7) is 2.31. The number of hydrogen-bond acceptors (Lipinski definition) is 2. The van der Waals surface area contributed by atoms with Crippen LogP contribution in [0.3, 0.4) is 0 Å². The van der Waals surface area contributed by atoms with E-state index in [2.05, 4.69) is 199 Å². The molecule has 0 amide bonds. The summed E-state index contributed by atoms with van der Waals surface area (Å²) < 4.78 is 0. The topological polar surface area (TPSA) is 6.48 Å². The molecule has 0 heterocycles. The lowest BCUT2D eigenvalue weighted by atomic mass is 9.94. The highest BCUT2D eigenvalue weighted by atomic mass is 15.2. The van der Waals surface area contributed by atoms with Crippen molar-refractivity contribution in [2.24, 2.45) is 5.92 Å². The summed E-state index contributed by atoms with van der Waals surface area (Å²) in [5, 5.41) is 9.75. The van der Waals surface area contributed by atoms with Gasteiger partial charge in [-0.1, -0.05) is 146 Å². The summed E-state index contributed by atoms with van der Waals surface area (Å²) in [6, 6.07) is 59.6. The lowest BCUT2D eigenvalue weighted by Crippen LogP contribution is -2.19. The van der Waals surface area contributed by atoms with Crippen molar-refractivity contribution in [2.45, 2.75) is 13.3 Å². The maximum absolute atomic E-state index is 2.50. The quantitative estimate of drug-likeness (QED) is 0.134. The molecule has 0 saturated carbocycles. The fraction of sp³-hybridized carbons (Fsp3) is 0.0638. The highest BCUT2D eigenvalue weighted by molar-refractivity contribution is 6.23. The third kappa shape index (κ3) is 5.14. The molecule has 9 rings (SSSR count). The third-order valence-corrected chi connectivity index (χ3v) is 9.83. The Balaban J connectivity index is 1.38. The minimum atomic E-state index is 0.446. The summed E-state index contributed by atoms with van der Waals surface area (Å²) >= 11 is 0. The fourth-order valence-electron chi connectivity index (χ4n) is 7.56. The molecule has 0 N–H and O–H groups in total. The molecule has 1 aliphatic rings. The second-order valence-corrected chi connectivity index (χ2v) is 13.1. The van der Waals surface area contributed by atoms with Crippen LogP contribution in [0.1, 0.15) is 13.3 Å². The van der Waals surface area contributed by atoms with E-state index in [-0.39, 0.29) is 0 Å². The first kappa shape index (κ1) is 29.1. The zero-order valence-electron chi connectivity index (χ0n) is 27.5. The fourth-order valence-corrected chi connectivity index (χ4v) is 7.56. The van der Waals surface area contributed by atoms with Crippen LogP contribution in [-0.4, -0.2) is 0 Å². The number of rotatable bonds is 6. The van der Waals surface area contributed by atoms with Gasteiger partial charge in [-0.25, -0.2) is 0 Å². The number of allylic oxidation sites excluding steroid dienone is 3. The Hall–Kier alpha value is -6.12. The SMILES string of the molecule is CC1C=C(N(c2ccc3ccccc3c2)c2c3ccccc3c(N(c3ccccc3)c3ccc4ccccc4c3)c3ccccc23)C=CC1. The van der Waals surface area contributed by atoms with Gasteiger partial charge < -0.3 is 9.80 Å². The van der Waals surface area contributed by atoms with Crippen molar-refractivity contribution in [3.05, 3.63) is 188 Å². The molecule has 2 nitrogen and oxygen atoms in total. The molecule has 0 aliphatic heterocycles. The second kappa shape index (κ2) is 12.2. The first-order valence-corrected chi connectivity index (χ1v) is 17.2. The van der Waals surface area contributed by atoms with Crippen molar-refractivity contribution < 1.29 is 0 Å². The maximum Gasteiger partial charge on any atom is 0.0619 e. The average molecular weight is 629 g/mol. The number of benzene rings is 8. The van der Waals surface area contributed by atoms with Crippen LogP contribution in [0.15, 0.2) is 188 Å². The van der Waals surface area contributed by atoms with E-state index < -0.39 is 0 Å². The Morgan fingerprint density at radius 2 is 0.878 bits per heavy atom. The molecule has 0 saturated heterocycles. The van der Waals surface area contributed by atoms with Gasteiger partial charge in [0.15, 0.2) is 0 Å². The van der Waals surface area contributed by atoms with Crippen LogP contribution in [0.2, 0.25) is 0 Å². The van der Waals surface area contributed by atoms with Crippen LogP contribution in [0.4, 0.5) is 28.4 Å². The highest BCUT2D eigenvalue weighted by Gasteiger charge is 2.26. The highest BCUT2D eigenvalue weighted by Crippen LogP contribution is 2.50. The van der Waals surface area contributed by atoms with E-state index in [1.54, 1.807) is 0 Å². The molecule has 0 aromatic heterocycles. The van der Waals surface area contributed by atoms with Crippen molar-refractivity contribution in [1.82, 2.24) is 0 Å². The van der Waals surface area contributed by atoms with E-state index in [0.29, 0.717) is 5.92 Å². The second-order valence-electron chi connectivity index (χ2n) is 13.1. The van der Waals surface area contributed by atoms with Crippen molar-refractivity contribution in [3.8, 4) is 0 Å². The molecular formula is C47H36N2. The van der Waals surface area contributed by atoms with E-state index in [1.165, 1.54) is 60.2 Å². The van der Waals surface area contributed by atoms with Gasteiger partial charge in [0.25, 0.3) is 0 Å². The summed E-state index contributed by atoms with van der Waals surface area (Å²) in [4.78, 5) is 4.94. The zero-order valence-corrected chi connectivity index (χ0v) is 27.5. The van der Waals surface area contributed by atoms with Gasteiger partial charge >= 0.3 is 0 Å². The van der Waals surface area contributed by atoms with Gasteiger partial charge in [0, 0.05) is 44.3 Å². The Labute approximate surface area is 287 Å². The molecule has 234 valence electrons. The normalized spacial score (nSPS) is 14.4. The third-order valence-electron chi connectivity index (χ3n) is 9.83. The average Bonchev–Trinajstić information content (AvgIpc) is 3.16. The van der Waals surface area contributed by atoms with E-state index in [1.807, 2.05) is 0 Å². The predicted octanol–water partition coefficient (Wildman–Crippen LogP) is 13.4. The molecule has 1 unspecified atom stereocenters. The van der Waals surface area contributed by atoms with E-state index in [9.17, 15) is 0 Å². The van der Waals surface area contributed by atoms with Crippen LogP contribution >= 0.6 is 0 Å². The molecule has 49 heavy (non-hydrogen) atoms. The van der Waals surface area contributed by atoms with Crippen molar-refractivity contribution >= 4 is 71.5 Å². The summed E-state index contributed by atoms with van der Waals surface area (Å²) in [5.41, 5.74) is 6.98. The van der Waals surface area contributed by atoms with Crippen LogP contribution in [0.5, 0.6) is 0 Å². The number of nitrogens with zero attached hydrogens (tertiary/aromatic N) is 2. The molecule has 2 heteroatoms. The molecular weight excluding hydrogens is 593 g/mol. The van der Waals surface area contributed by atoms with Gasteiger partial charge in [-0.15, -0.1) is 0 Å². The molecule has 0 fully saturated rings. The number of anilines is 5. The Morgan fingerprint density at radius 1 is 0.429 bits per heavy atom. The monoisotopic (exact) mass is 628 g/mol. The number of fused-ring (bicyclic) bond motifs is 4. The van der Waals surface area contributed by atoms with Crippen LogP contribution < -0.4 is 9.80 Å². The zero-order chi connectivity index (χ0) is 32.7. The lowest BCUT2D eigenvalue weighted by Gasteiger charge is -2.34. The van der Waals surface area contributed by atoms with Crippen molar-refractivity contribution in [2.75, 3.05) is 9.80 Å². The van der Waals surface area contributed by atoms with E-state index in [4.69, 9.17) is 0 Å². The minimum absolute atomic E-state index is 0.446. The smallest absolute Gasteiger partial charge is 0.0619 e. The summed E-state index contributed by atoms with van der Waals surface area (Å²) in [7, 11) is 0. The van der Waals surface area contributed by atoms with Gasteiger partial charge in [-0.3, -0.25) is 0 Å². The molecule has 1 aliphatic carbocycles. The molecule has 0 radical (unpaired) electrons. The molecule has 0 bridgehead atoms. The predicted molar refractivity (Wildman–Crippen MR) is 211 cm³/mol. The molecule has 1 atom stereocenters. The maximum atomic E-state index is 2.50. The van der Waals surface area contributed by atoms with Crippen LogP contribution in [0.25, 0.3) is 43.1 Å². The van der Waals surface area contributed by atoms with Crippen LogP contribution in [0, 0.1) is 5.92 Å². The van der Waals surface area contributed by atoms with Gasteiger partial charge in [0.2, 0.25) is 0 Å². The van der Waals surface area contributed by atoms with E-state index >= 15 is 0 Å². The molecule has 0 spiro atoms. The molecule has 8 aromatic carbocycles. The summed E-state index contributed by atoms with van der Waals surface area (Å²) in [5.74, 6) is 0.446. The Morgan fingerprint density at radius 3 is 1.41 bits per heavy atom. The first-order valence-electron chi connectivity index (χ1n) is 17.2. The van der Waals surface area contributed by atoms with Crippen molar-refractivity contribution in [3.63, 3.8) is 0 Å². The number of hydrogen-bond donors (Lipinski definition) is 0. The van der Waals surface area contributed by atoms with Gasteiger partial charge in [0.1, 0.15) is 0 Å². The largest absolute Gasteiger partial charge is 0.310 e. The molecule has 8 aromatic rings. The van der Waals surface area contributed by atoms with Crippen LogP contribution in [-0.2, 0) is 0 Å². The number of para-hydroxylation sites is 1. The minimum Gasteiger partial charge on any atom is -0.310 e. The Bertz CT molecular complexity index is 2500. The van der Waals surface area contributed by atoms with E-state index in [0.717, 1.165) is 23.5 Å². The lowest BCUT2D eigenvalue weighted by molar-refractivity contribution is 0.726. The Kier molecular flexibility index (Phi) is 7.21. The standard InChI is InChI=1S/C47H36N2/c1-33-14-13-21-39(30-33)49(41-29-27-35-16-6-8-18-37(35)32-41)47-44-24-11-9-22-42(44)46(43-23-10-12-25-45(43)47)48(38-19-3-2-4-20-38)40-28-26-34-15-5-7-17-36(34)31-40/h2-13,15-33H,14H2,1H3. The van der Waals surface area contributed by atoms with Gasteiger partial charge in [-0.05, 0) is 76.4 Å². The van der Waals surface area contributed by atoms with Gasteiger partial charge in [0.05, 0.1) is 11.4 Å².